The van der Waals surface area contributed by atoms with Crippen molar-refractivity contribution in [3.05, 3.63) is 64.7 Å². The Hall–Kier alpha value is -2.46. The van der Waals surface area contributed by atoms with Gasteiger partial charge >= 0.3 is 5.97 Å². The zero-order chi connectivity index (χ0) is 17.5. The van der Waals surface area contributed by atoms with E-state index in [0.717, 1.165) is 28.2 Å². The van der Waals surface area contributed by atoms with E-state index in [2.05, 4.69) is 0 Å². The maximum Gasteiger partial charge on any atom is 0.303 e. The molecule has 5 heteroatoms. The molecule has 24 heavy (non-hydrogen) atoms. The van der Waals surface area contributed by atoms with Gasteiger partial charge in [-0.25, -0.2) is 0 Å². The van der Waals surface area contributed by atoms with E-state index in [9.17, 15) is 4.79 Å². The summed E-state index contributed by atoms with van der Waals surface area (Å²) < 4.78 is 10.4. The van der Waals surface area contributed by atoms with Crippen molar-refractivity contribution in [2.45, 2.75) is 12.8 Å². The number of hydrogen-bond acceptors (Lipinski definition) is 3. The highest BCUT2D eigenvalue weighted by atomic mass is 35.5. The maximum atomic E-state index is 10.9. The average molecular weight is 347 g/mol. The number of aliphatic carboxylic acids is 1. The monoisotopic (exact) mass is 346 g/mol. The number of benzene rings is 2. The van der Waals surface area contributed by atoms with Gasteiger partial charge in [0.2, 0.25) is 0 Å². The summed E-state index contributed by atoms with van der Waals surface area (Å²) in [6, 6.07) is 15.0. The number of allylic oxidation sites excluding steroid dienone is 1. The Balaban J connectivity index is 2.46. The van der Waals surface area contributed by atoms with Gasteiger partial charge in [0.1, 0.15) is 11.5 Å². The number of ether oxygens (including phenoxy) is 2. The summed E-state index contributed by atoms with van der Waals surface area (Å²) in [5.41, 5.74) is 2.61. The standard InChI is InChI=1S/C19H19ClO4/c1-23-15-7-3-13(4-8-15)19(17(20)11-12-18(21)22)14-5-9-16(24-2)10-6-14/h3-10H,11-12H2,1-2H3,(H,21,22). The molecule has 0 aromatic heterocycles. The number of rotatable bonds is 7. The van der Waals surface area contributed by atoms with Crippen LogP contribution in [0.3, 0.4) is 0 Å². The molecule has 2 aromatic carbocycles. The molecule has 126 valence electrons. The second-order valence-electron chi connectivity index (χ2n) is 5.13. The van der Waals surface area contributed by atoms with Crippen molar-refractivity contribution in [3.8, 4) is 11.5 Å². The average Bonchev–Trinajstić information content (AvgIpc) is 2.61. The van der Waals surface area contributed by atoms with E-state index in [1.165, 1.54) is 0 Å². The van der Waals surface area contributed by atoms with Crippen LogP contribution >= 0.6 is 11.6 Å². The highest BCUT2D eigenvalue weighted by molar-refractivity contribution is 6.33. The van der Waals surface area contributed by atoms with Crippen molar-refractivity contribution < 1.29 is 19.4 Å². The lowest BCUT2D eigenvalue weighted by atomic mass is 9.96. The van der Waals surface area contributed by atoms with Gasteiger partial charge < -0.3 is 14.6 Å². The quantitative estimate of drug-likeness (QED) is 0.798. The summed E-state index contributed by atoms with van der Waals surface area (Å²) in [6.07, 6.45) is 0.249. The lowest BCUT2D eigenvalue weighted by Gasteiger charge is -2.13. The molecule has 0 aliphatic heterocycles. The van der Waals surface area contributed by atoms with Crippen LogP contribution in [0.4, 0.5) is 0 Å². The van der Waals surface area contributed by atoms with Gasteiger partial charge in [-0.15, -0.1) is 0 Å². The number of halogens is 1. The zero-order valence-corrected chi connectivity index (χ0v) is 14.3. The second-order valence-corrected chi connectivity index (χ2v) is 5.59. The molecule has 0 spiro atoms. The van der Waals surface area contributed by atoms with Gasteiger partial charge in [0.05, 0.1) is 20.6 Å². The number of carboxylic acid groups (broad SMARTS) is 1. The van der Waals surface area contributed by atoms with E-state index in [4.69, 9.17) is 26.2 Å². The van der Waals surface area contributed by atoms with Gasteiger partial charge in [-0.05, 0) is 41.8 Å². The molecule has 0 heterocycles. The first kappa shape index (κ1) is 17.9. The molecule has 2 aromatic rings. The Kier molecular flexibility index (Phi) is 6.27. The van der Waals surface area contributed by atoms with E-state index in [1.807, 2.05) is 48.5 Å². The van der Waals surface area contributed by atoms with Gasteiger partial charge in [-0.2, -0.15) is 0 Å². The predicted octanol–water partition coefficient (Wildman–Crippen LogP) is 4.57. The number of carbonyl (C=O) groups is 1. The maximum absolute atomic E-state index is 10.9. The summed E-state index contributed by atoms with van der Waals surface area (Å²) in [4.78, 5) is 10.9. The Bertz CT molecular complexity index is 669. The largest absolute Gasteiger partial charge is 0.497 e. The van der Waals surface area contributed by atoms with Crippen molar-refractivity contribution in [1.82, 2.24) is 0 Å². The molecule has 4 nitrogen and oxygen atoms in total. The zero-order valence-electron chi connectivity index (χ0n) is 13.6. The molecule has 0 saturated heterocycles. The number of carboxylic acids is 1. The first-order chi connectivity index (χ1) is 11.5. The van der Waals surface area contributed by atoms with Crippen LogP contribution in [0.1, 0.15) is 24.0 Å². The fraction of sp³-hybridized carbons (Fsp3) is 0.211. The topological polar surface area (TPSA) is 55.8 Å². The van der Waals surface area contributed by atoms with Crippen molar-refractivity contribution in [3.63, 3.8) is 0 Å². The van der Waals surface area contributed by atoms with Gasteiger partial charge in [-0.1, -0.05) is 35.9 Å². The molecule has 0 radical (unpaired) electrons. The molecule has 0 amide bonds. The van der Waals surface area contributed by atoms with Crippen LogP contribution in [-0.2, 0) is 4.79 Å². The highest BCUT2D eigenvalue weighted by Crippen LogP contribution is 2.33. The van der Waals surface area contributed by atoms with Crippen LogP contribution in [0.5, 0.6) is 11.5 Å². The highest BCUT2D eigenvalue weighted by Gasteiger charge is 2.12. The SMILES string of the molecule is COc1ccc(C(=C(Cl)CCC(=O)O)c2ccc(OC)cc2)cc1. The van der Waals surface area contributed by atoms with Crippen LogP contribution in [-0.4, -0.2) is 25.3 Å². The van der Waals surface area contributed by atoms with Crippen molar-refractivity contribution in [2.75, 3.05) is 14.2 Å². The molecule has 0 bridgehead atoms. The first-order valence-corrected chi connectivity index (χ1v) is 7.82. The summed E-state index contributed by atoms with van der Waals surface area (Å²) in [5.74, 6) is 0.612. The van der Waals surface area contributed by atoms with Crippen LogP contribution < -0.4 is 9.47 Å². The van der Waals surface area contributed by atoms with Crippen LogP contribution in [0, 0.1) is 0 Å². The molecular weight excluding hydrogens is 328 g/mol. The Morgan fingerprint density at radius 2 is 1.29 bits per heavy atom. The van der Waals surface area contributed by atoms with Crippen LogP contribution in [0.2, 0.25) is 0 Å². The Morgan fingerprint density at radius 1 is 0.875 bits per heavy atom. The van der Waals surface area contributed by atoms with Gasteiger partial charge in [-0.3, -0.25) is 4.79 Å². The summed E-state index contributed by atoms with van der Waals surface area (Å²) in [7, 11) is 3.21. The summed E-state index contributed by atoms with van der Waals surface area (Å²) in [6.45, 7) is 0. The lowest BCUT2D eigenvalue weighted by molar-refractivity contribution is -0.136. The third-order valence-corrected chi connectivity index (χ3v) is 3.96. The van der Waals surface area contributed by atoms with Crippen LogP contribution in [0.25, 0.3) is 5.57 Å². The van der Waals surface area contributed by atoms with Crippen molar-refractivity contribution in [1.29, 1.82) is 0 Å². The fourth-order valence-electron chi connectivity index (χ4n) is 2.34. The summed E-state index contributed by atoms with van der Waals surface area (Å²) in [5, 5.41) is 9.41. The summed E-state index contributed by atoms with van der Waals surface area (Å²) >= 11 is 6.46. The van der Waals surface area contributed by atoms with Crippen molar-refractivity contribution >= 4 is 23.1 Å². The fourth-order valence-corrected chi connectivity index (χ4v) is 2.65. The number of hydrogen-bond donors (Lipinski definition) is 1. The molecule has 0 atom stereocenters. The predicted molar refractivity (Wildman–Crippen MR) is 94.7 cm³/mol. The normalized spacial score (nSPS) is 10.1. The minimum absolute atomic E-state index is 0.0192. The minimum atomic E-state index is -0.878. The van der Waals surface area contributed by atoms with E-state index in [-0.39, 0.29) is 12.8 Å². The number of methoxy groups -OCH3 is 2. The van der Waals surface area contributed by atoms with E-state index < -0.39 is 5.97 Å². The van der Waals surface area contributed by atoms with Gasteiger partial charge in [0.25, 0.3) is 0 Å². The lowest BCUT2D eigenvalue weighted by Crippen LogP contribution is -1.97. The molecule has 0 saturated carbocycles. The van der Waals surface area contributed by atoms with Gasteiger partial charge in [0, 0.05) is 10.6 Å². The van der Waals surface area contributed by atoms with Crippen LogP contribution in [0.15, 0.2) is 53.6 Å². The van der Waals surface area contributed by atoms with E-state index in [1.54, 1.807) is 14.2 Å². The third kappa shape index (κ3) is 4.52. The molecule has 0 aliphatic rings. The van der Waals surface area contributed by atoms with E-state index >= 15 is 0 Å². The molecule has 0 unspecified atom stereocenters. The van der Waals surface area contributed by atoms with Gasteiger partial charge in [0.15, 0.2) is 0 Å². The molecule has 0 fully saturated rings. The Morgan fingerprint density at radius 3 is 1.62 bits per heavy atom. The molecule has 2 rings (SSSR count). The van der Waals surface area contributed by atoms with Crippen molar-refractivity contribution in [2.24, 2.45) is 0 Å². The molecule has 0 aliphatic carbocycles. The van der Waals surface area contributed by atoms with E-state index in [0.29, 0.717) is 5.03 Å². The second kappa shape index (κ2) is 8.41. The third-order valence-electron chi connectivity index (χ3n) is 3.59. The smallest absolute Gasteiger partial charge is 0.303 e. The first-order valence-electron chi connectivity index (χ1n) is 7.44. The molecule has 1 N–H and O–H groups in total. The Labute approximate surface area is 146 Å². The molecular formula is C19H19ClO4. The minimum Gasteiger partial charge on any atom is -0.497 e.